The molecule has 0 spiro atoms. The van der Waals surface area contributed by atoms with Crippen molar-refractivity contribution in [2.45, 2.75) is 19.9 Å². The van der Waals surface area contributed by atoms with Crippen LogP contribution in [0, 0.1) is 0 Å². The average Bonchev–Trinajstić information content (AvgIpc) is 2.39. The van der Waals surface area contributed by atoms with Crippen molar-refractivity contribution in [3.8, 4) is 0 Å². The molecule has 4 heteroatoms. The molecule has 0 saturated heterocycles. The van der Waals surface area contributed by atoms with Crippen LogP contribution >= 0.6 is 11.3 Å². The van der Waals surface area contributed by atoms with Crippen LogP contribution in [-0.2, 0) is 13.0 Å². The lowest BCUT2D eigenvalue weighted by Crippen LogP contribution is -2.26. The number of nitrogens with two attached hydrogens (primary N) is 1. The lowest BCUT2D eigenvalue weighted by atomic mass is 10.0. The van der Waals surface area contributed by atoms with E-state index in [0.717, 1.165) is 25.1 Å². The van der Waals surface area contributed by atoms with Gasteiger partial charge in [0.05, 0.1) is 10.6 Å². The Morgan fingerprint density at radius 1 is 1.57 bits per heavy atom. The molecule has 0 atom stereocenters. The summed E-state index contributed by atoms with van der Waals surface area (Å²) in [6, 6.07) is 0. The van der Waals surface area contributed by atoms with E-state index in [1.165, 1.54) is 10.4 Å². The Bertz CT molecular complexity index is 384. The maximum atomic E-state index is 11.4. The molecule has 0 aromatic carbocycles. The predicted molar refractivity (Wildman–Crippen MR) is 58.8 cm³/mol. The topological polar surface area (TPSA) is 46.3 Å². The van der Waals surface area contributed by atoms with Crippen LogP contribution in [-0.4, -0.2) is 24.3 Å². The molecule has 1 aliphatic heterocycles. The van der Waals surface area contributed by atoms with Crippen LogP contribution in [0.1, 0.15) is 27.7 Å². The number of nitrogens with zero attached hydrogens (tertiary/aromatic N) is 1. The van der Waals surface area contributed by atoms with Gasteiger partial charge in [0.1, 0.15) is 0 Å². The van der Waals surface area contributed by atoms with Crippen LogP contribution in [0.25, 0.3) is 0 Å². The first-order valence-electron chi connectivity index (χ1n) is 4.69. The lowest BCUT2D eigenvalue weighted by molar-refractivity contribution is 0.101. The number of anilines is 1. The highest BCUT2D eigenvalue weighted by Crippen LogP contribution is 2.34. The zero-order valence-corrected chi connectivity index (χ0v) is 9.28. The number of carbonyl (C=O) groups is 1. The Morgan fingerprint density at radius 3 is 2.93 bits per heavy atom. The second-order valence-corrected chi connectivity index (χ2v) is 4.92. The monoisotopic (exact) mass is 210 g/mol. The standard InChI is InChI=1S/C10H14N2OS/c1-6(13)9-7-3-4-12(2)5-8(7)14-10(9)11/h3-5,11H2,1-2H3. The number of hydrogen-bond acceptors (Lipinski definition) is 4. The van der Waals surface area contributed by atoms with Crippen molar-refractivity contribution in [3.63, 3.8) is 0 Å². The first-order chi connectivity index (χ1) is 6.59. The van der Waals surface area contributed by atoms with Crippen LogP contribution in [0.3, 0.4) is 0 Å². The van der Waals surface area contributed by atoms with Gasteiger partial charge in [-0.15, -0.1) is 11.3 Å². The zero-order chi connectivity index (χ0) is 10.3. The second-order valence-electron chi connectivity index (χ2n) is 3.79. The summed E-state index contributed by atoms with van der Waals surface area (Å²) in [7, 11) is 2.09. The van der Waals surface area contributed by atoms with Gasteiger partial charge >= 0.3 is 0 Å². The minimum absolute atomic E-state index is 0.101. The van der Waals surface area contributed by atoms with E-state index in [-0.39, 0.29) is 5.78 Å². The fraction of sp³-hybridized carbons (Fsp3) is 0.500. The summed E-state index contributed by atoms with van der Waals surface area (Å²) in [6.07, 6.45) is 0.953. The number of fused-ring (bicyclic) bond motifs is 1. The van der Waals surface area contributed by atoms with Crippen LogP contribution in [0.2, 0.25) is 0 Å². The average molecular weight is 210 g/mol. The van der Waals surface area contributed by atoms with Gasteiger partial charge < -0.3 is 10.6 Å². The molecule has 2 N–H and O–H groups in total. The Balaban J connectivity index is 2.49. The number of ketones is 1. The highest BCUT2D eigenvalue weighted by atomic mass is 32.1. The smallest absolute Gasteiger partial charge is 0.163 e. The van der Waals surface area contributed by atoms with Crippen molar-refractivity contribution in [1.82, 2.24) is 4.90 Å². The second kappa shape index (κ2) is 3.37. The van der Waals surface area contributed by atoms with E-state index in [2.05, 4.69) is 11.9 Å². The van der Waals surface area contributed by atoms with Crippen molar-refractivity contribution >= 4 is 22.1 Å². The molecule has 3 nitrogen and oxygen atoms in total. The van der Waals surface area contributed by atoms with E-state index in [0.29, 0.717) is 5.00 Å². The van der Waals surface area contributed by atoms with E-state index in [9.17, 15) is 4.79 Å². The van der Waals surface area contributed by atoms with Crippen molar-refractivity contribution in [2.75, 3.05) is 19.3 Å². The molecular formula is C10H14N2OS. The summed E-state index contributed by atoms with van der Waals surface area (Å²) in [4.78, 5) is 14.9. The van der Waals surface area contributed by atoms with E-state index < -0.39 is 0 Å². The first kappa shape index (κ1) is 9.68. The Labute approximate surface area is 87.5 Å². The fourth-order valence-corrected chi connectivity index (χ4v) is 3.19. The van der Waals surface area contributed by atoms with Gasteiger partial charge in [-0.05, 0) is 26.0 Å². The van der Waals surface area contributed by atoms with E-state index in [4.69, 9.17) is 5.73 Å². The van der Waals surface area contributed by atoms with Crippen molar-refractivity contribution in [3.05, 3.63) is 16.0 Å². The minimum Gasteiger partial charge on any atom is -0.390 e. The number of nitrogen functional groups attached to an aromatic ring is 1. The van der Waals surface area contributed by atoms with E-state index in [1.807, 2.05) is 0 Å². The van der Waals surface area contributed by atoms with Crippen LogP contribution in [0.4, 0.5) is 5.00 Å². The third-order valence-electron chi connectivity index (χ3n) is 2.63. The Morgan fingerprint density at radius 2 is 2.29 bits per heavy atom. The molecule has 1 aliphatic rings. The van der Waals surface area contributed by atoms with Gasteiger partial charge in [-0.2, -0.15) is 0 Å². The number of thiophene rings is 1. The molecule has 14 heavy (non-hydrogen) atoms. The quantitative estimate of drug-likeness (QED) is 0.715. The number of likely N-dealkylation sites (N-methyl/N-ethyl adjacent to an activating group) is 1. The Kier molecular flexibility index (Phi) is 2.33. The molecule has 0 saturated carbocycles. The maximum absolute atomic E-state index is 11.4. The summed E-state index contributed by atoms with van der Waals surface area (Å²) in [5, 5.41) is 0.692. The van der Waals surface area contributed by atoms with Crippen molar-refractivity contribution in [1.29, 1.82) is 0 Å². The third kappa shape index (κ3) is 1.44. The summed E-state index contributed by atoms with van der Waals surface area (Å²) >= 11 is 1.56. The van der Waals surface area contributed by atoms with Gasteiger partial charge in [0.25, 0.3) is 0 Å². The van der Waals surface area contributed by atoms with E-state index >= 15 is 0 Å². The van der Waals surface area contributed by atoms with Gasteiger partial charge in [0, 0.05) is 18.0 Å². The van der Waals surface area contributed by atoms with Gasteiger partial charge in [-0.25, -0.2) is 0 Å². The first-order valence-corrected chi connectivity index (χ1v) is 5.50. The zero-order valence-electron chi connectivity index (χ0n) is 8.46. The van der Waals surface area contributed by atoms with Crippen molar-refractivity contribution < 1.29 is 4.79 Å². The molecule has 0 fully saturated rings. The molecule has 2 rings (SSSR count). The maximum Gasteiger partial charge on any atom is 0.163 e. The lowest BCUT2D eigenvalue weighted by Gasteiger charge is -2.22. The molecule has 0 radical (unpaired) electrons. The third-order valence-corrected chi connectivity index (χ3v) is 3.67. The number of hydrogen-bond donors (Lipinski definition) is 1. The number of rotatable bonds is 1. The predicted octanol–water partition coefficient (Wildman–Crippen LogP) is 1.52. The van der Waals surface area contributed by atoms with Crippen LogP contribution < -0.4 is 5.73 Å². The van der Waals surface area contributed by atoms with Gasteiger partial charge in [-0.3, -0.25) is 4.79 Å². The molecule has 0 bridgehead atoms. The normalized spacial score (nSPS) is 16.7. The summed E-state index contributed by atoms with van der Waals surface area (Å²) in [5.41, 5.74) is 7.82. The van der Waals surface area contributed by atoms with Crippen LogP contribution in [0.15, 0.2) is 0 Å². The molecule has 1 aromatic rings. The molecular weight excluding hydrogens is 196 g/mol. The SMILES string of the molecule is CC(=O)c1c(N)sc2c1CCN(C)C2. The molecule has 0 unspecified atom stereocenters. The van der Waals surface area contributed by atoms with Gasteiger partial charge in [0.15, 0.2) is 5.78 Å². The van der Waals surface area contributed by atoms with Crippen molar-refractivity contribution in [2.24, 2.45) is 0 Å². The van der Waals surface area contributed by atoms with E-state index in [1.54, 1.807) is 18.3 Å². The minimum atomic E-state index is 0.101. The van der Waals surface area contributed by atoms with Gasteiger partial charge in [0.2, 0.25) is 0 Å². The molecule has 0 aliphatic carbocycles. The molecule has 0 amide bonds. The molecule has 76 valence electrons. The Hall–Kier alpha value is -0.870. The highest BCUT2D eigenvalue weighted by Gasteiger charge is 2.23. The largest absolute Gasteiger partial charge is 0.390 e. The molecule has 2 heterocycles. The van der Waals surface area contributed by atoms with Crippen LogP contribution in [0.5, 0.6) is 0 Å². The highest BCUT2D eigenvalue weighted by molar-refractivity contribution is 7.16. The number of Topliss-reactive ketones (excluding diaryl/α,β-unsaturated/α-hetero) is 1. The summed E-state index contributed by atoms with van der Waals surface area (Å²) < 4.78 is 0. The summed E-state index contributed by atoms with van der Waals surface area (Å²) in [5.74, 6) is 0.101. The molecule has 1 aromatic heterocycles. The summed E-state index contributed by atoms with van der Waals surface area (Å²) in [6.45, 7) is 3.54. The fourth-order valence-electron chi connectivity index (χ4n) is 1.94. The van der Waals surface area contributed by atoms with Gasteiger partial charge in [-0.1, -0.05) is 0 Å². The number of carbonyl (C=O) groups excluding carboxylic acids is 1.